The maximum atomic E-state index is 13.4. The van der Waals surface area contributed by atoms with Crippen LogP contribution in [0.15, 0.2) is 60.7 Å². The van der Waals surface area contributed by atoms with Gasteiger partial charge in [-0.2, -0.15) is 0 Å². The van der Waals surface area contributed by atoms with E-state index in [2.05, 4.69) is 10.6 Å². The van der Waals surface area contributed by atoms with Gasteiger partial charge in [0.15, 0.2) is 5.79 Å². The summed E-state index contributed by atoms with van der Waals surface area (Å²) in [5.74, 6) is -1.99. The molecular weight excluding hydrogens is 514 g/mol. The highest BCUT2D eigenvalue weighted by molar-refractivity contribution is 5.89. The number of hydrogen-bond acceptors (Lipinski definition) is 8. The lowest BCUT2D eigenvalue weighted by atomic mass is 10.0. The molecule has 5 rings (SSSR count). The minimum Gasteiger partial charge on any atom is -0.464 e. The van der Waals surface area contributed by atoms with Crippen molar-refractivity contribution in [1.82, 2.24) is 15.5 Å². The Morgan fingerprint density at radius 1 is 0.900 bits per heavy atom. The van der Waals surface area contributed by atoms with Gasteiger partial charge in [-0.15, -0.1) is 0 Å². The van der Waals surface area contributed by atoms with E-state index in [1.165, 1.54) is 4.90 Å². The molecule has 3 fully saturated rings. The van der Waals surface area contributed by atoms with Gasteiger partial charge in [-0.1, -0.05) is 60.7 Å². The van der Waals surface area contributed by atoms with E-state index in [4.69, 9.17) is 18.9 Å². The molecule has 0 spiro atoms. The highest BCUT2D eigenvalue weighted by Gasteiger charge is 2.54. The van der Waals surface area contributed by atoms with Gasteiger partial charge in [-0.3, -0.25) is 14.4 Å². The summed E-state index contributed by atoms with van der Waals surface area (Å²) in [5.41, 5.74) is 1.85. The number of cyclic esters (lactones) is 1. The SMILES string of the molecule is CC1(C)O[C@@H]2[C@H](O1)[C@H]1CNC(Cc3ccccc3)C(=O)NCC(=O)N(Cc3ccccc3)CC(=O)OCC[C@@H]2O1. The first-order chi connectivity index (χ1) is 19.3. The van der Waals surface area contributed by atoms with Gasteiger partial charge < -0.3 is 34.5 Å². The van der Waals surface area contributed by atoms with Crippen LogP contribution in [0, 0.1) is 0 Å². The molecule has 3 saturated heterocycles. The van der Waals surface area contributed by atoms with E-state index in [1.54, 1.807) is 0 Å². The molecule has 10 nitrogen and oxygen atoms in total. The standard InChI is InChI=1S/C30H37N3O7/c1-30(2)39-27-23-13-14-37-26(35)19-33(18-21-11-7-4-8-12-21)25(34)17-32-29(36)22(15-20-9-5-3-6-10-20)31-16-24(38-23)28(27)40-30/h3-12,22-24,27-28,31H,13-19H2,1-2H3,(H,32,36)/t22?,23-,24+,27-,28+/m0/s1. The summed E-state index contributed by atoms with van der Waals surface area (Å²) >= 11 is 0. The number of hydrogen-bond donors (Lipinski definition) is 2. The van der Waals surface area contributed by atoms with Crippen molar-refractivity contribution in [3.63, 3.8) is 0 Å². The summed E-state index contributed by atoms with van der Waals surface area (Å²) in [6.45, 7) is 3.93. The fraction of sp³-hybridized carbons (Fsp3) is 0.500. The molecule has 0 radical (unpaired) electrons. The minimum absolute atomic E-state index is 0.122. The lowest BCUT2D eigenvalue weighted by molar-refractivity contribution is -0.188. The lowest BCUT2D eigenvalue weighted by Gasteiger charge is -2.27. The summed E-state index contributed by atoms with van der Waals surface area (Å²) in [6, 6.07) is 18.5. The van der Waals surface area contributed by atoms with Crippen LogP contribution in [-0.4, -0.2) is 85.2 Å². The number of nitrogens with one attached hydrogen (secondary N) is 2. The molecule has 3 heterocycles. The van der Waals surface area contributed by atoms with Gasteiger partial charge in [0.1, 0.15) is 18.8 Å². The number of rotatable bonds is 4. The van der Waals surface area contributed by atoms with Gasteiger partial charge in [0.25, 0.3) is 0 Å². The van der Waals surface area contributed by atoms with Crippen LogP contribution >= 0.6 is 0 Å². The third kappa shape index (κ3) is 7.06. The molecule has 0 aromatic heterocycles. The van der Waals surface area contributed by atoms with Gasteiger partial charge in [0.2, 0.25) is 11.8 Å². The third-order valence-electron chi connectivity index (χ3n) is 7.38. The van der Waals surface area contributed by atoms with Crippen LogP contribution in [0.4, 0.5) is 0 Å². The molecule has 2 amide bonds. The van der Waals surface area contributed by atoms with E-state index >= 15 is 0 Å². The second-order valence-electron chi connectivity index (χ2n) is 10.9. The molecule has 2 bridgehead atoms. The average molecular weight is 552 g/mol. The molecule has 3 aliphatic heterocycles. The summed E-state index contributed by atoms with van der Waals surface area (Å²) in [5, 5.41) is 6.13. The van der Waals surface area contributed by atoms with Crippen molar-refractivity contribution in [2.45, 2.75) is 69.5 Å². The first-order valence-corrected chi connectivity index (χ1v) is 13.8. The van der Waals surface area contributed by atoms with Crippen molar-refractivity contribution < 1.29 is 33.3 Å². The zero-order chi connectivity index (χ0) is 28.1. The molecule has 3 aliphatic rings. The van der Waals surface area contributed by atoms with Gasteiger partial charge >= 0.3 is 5.97 Å². The normalized spacial score (nSPS) is 29.5. The van der Waals surface area contributed by atoms with E-state index < -0.39 is 17.8 Å². The van der Waals surface area contributed by atoms with Crippen LogP contribution in [0.1, 0.15) is 31.4 Å². The molecule has 2 aromatic carbocycles. The zero-order valence-corrected chi connectivity index (χ0v) is 22.9. The van der Waals surface area contributed by atoms with Crippen LogP contribution in [0.2, 0.25) is 0 Å². The Labute approximate surface area is 234 Å². The zero-order valence-electron chi connectivity index (χ0n) is 22.9. The van der Waals surface area contributed by atoms with Crippen LogP contribution in [0.5, 0.6) is 0 Å². The number of esters is 1. The number of benzene rings is 2. The number of nitrogens with zero attached hydrogens (tertiary/aromatic N) is 1. The Kier molecular flexibility index (Phi) is 8.80. The fourth-order valence-corrected chi connectivity index (χ4v) is 5.46. The lowest BCUT2D eigenvalue weighted by Crippen LogP contribution is -2.51. The summed E-state index contributed by atoms with van der Waals surface area (Å²) < 4.78 is 24.1. The Hall–Kier alpha value is -3.31. The van der Waals surface area contributed by atoms with E-state index in [-0.39, 0.29) is 62.5 Å². The largest absolute Gasteiger partial charge is 0.464 e. The van der Waals surface area contributed by atoms with Gasteiger partial charge in [-0.05, 0) is 31.4 Å². The number of ether oxygens (including phenoxy) is 4. The first-order valence-electron chi connectivity index (χ1n) is 13.8. The molecule has 5 atom stereocenters. The quantitative estimate of drug-likeness (QED) is 0.551. The number of amides is 2. The highest BCUT2D eigenvalue weighted by Crippen LogP contribution is 2.39. The maximum Gasteiger partial charge on any atom is 0.325 e. The number of carbonyl (C=O) groups is 3. The first kappa shape index (κ1) is 28.2. The van der Waals surface area contributed by atoms with Crippen LogP contribution < -0.4 is 10.6 Å². The van der Waals surface area contributed by atoms with Crippen LogP contribution in [0.25, 0.3) is 0 Å². The van der Waals surface area contributed by atoms with Crippen molar-refractivity contribution in [2.24, 2.45) is 0 Å². The third-order valence-corrected chi connectivity index (χ3v) is 7.38. The Morgan fingerprint density at radius 3 is 2.25 bits per heavy atom. The second-order valence-corrected chi connectivity index (χ2v) is 10.9. The Balaban J connectivity index is 1.36. The predicted octanol–water partition coefficient (Wildman–Crippen LogP) is 1.57. The molecule has 2 N–H and O–H groups in total. The topological polar surface area (TPSA) is 115 Å². The Bertz CT molecular complexity index is 1180. The van der Waals surface area contributed by atoms with E-state index in [0.29, 0.717) is 19.4 Å². The Morgan fingerprint density at radius 2 is 1.55 bits per heavy atom. The van der Waals surface area contributed by atoms with Crippen LogP contribution in [-0.2, 0) is 46.3 Å². The summed E-state index contributed by atoms with van der Waals surface area (Å²) in [7, 11) is 0. The molecule has 0 saturated carbocycles. The van der Waals surface area contributed by atoms with Crippen molar-refractivity contribution in [1.29, 1.82) is 0 Å². The predicted molar refractivity (Wildman–Crippen MR) is 145 cm³/mol. The molecule has 1 unspecified atom stereocenters. The molecule has 40 heavy (non-hydrogen) atoms. The monoisotopic (exact) mass is 551 g/mol. The maximum absolute atomic E-state index is 13.4. The van der Waals surface area contributed by atoms with Crippen molar-refractivity contribution in [2.75, 3.05) is 26.2 Å². The smallest absolute Gasteiger partial charge is 0.325 e. The average Bonchev–Trinajstić information content (AvgIpc) is 3.42. The molecule has 0 aliphatic carbocycles. The molecule has 2 aromatic rings. The van der Waals surface area contributed by atoms with Crippen molar-refractivity contribution >= 4 is 17.8 Å². The van der Waals surface area contributed by atoms with Gasteiger partial charge in [0.05, 0.1) is 31.4 Å². The molecule has 10 heteroatoms. The van der Waals surface area contributed by atoms with Gasteiger partial charge in [0, 0.05) is 19.5 Å². The number of carbonyl (C=O) groups excluding carboxylic acids is 3. The number of fused-ring (bicyclic) bond motifs is 5. The fourth-order valence-electron chi connectivity index (χ4n) is 5.46. The van der Waals surface area contributed by atoms with Crippen LogP contribution in [0.3, 0.4) is 0 Å². The van der Waals surface area contributed by atoms with E-state index in [9.17, 15) is 14.4 Å². The highest BCUT2D eigenvalue weighted by atomic mass is 16.8. The van der Waals surface area contributed by atoms with E-state index in [1.807, 2.05) is 74.5 Å². The molecule has 214 valence electrons. The summed E-state index contributed by atoms with van der Waals surface area (Å²) in [6.07, 6.45) is -0.523. The van der Waals surface area contributed by atoms with Crippen molar-refractivity contribution in [3.05, 3.63) is 71.8 Å². The summed E-state index contributed by atoms with van der Waals surface area (Å²) in [4.78, 5) is 40.8. The second kappa shape index (κ2) is 12.5. The molecular formula is C30H37N3O7. The minimum atomic E-state index is -0.772. The van der Waals surface area contributed by atoms with Gasteiger partial charge in [-0.25, -0.2) is 0 Å². The van der Waals surface area contributed by atoms with E-state index in [0.717, 1.165) is 11.1 Å². The van der Waals surface area contributed by atoms with Crippen molar-refractivity contribution in [3.8, 4) is 0 Å².